The zero-order valence-corrected chi connectivity index (χ0v) is 11.7. The van der Waals surface area contributed by atoms with Crippen molar-refractivity contribution in [3.8, 4) is 0 Å². The molecule has 0 heterocycles. The first kappa shape index (κ1) is 14.5. The molecule has 1 unspecified atom stereocenters. The van der Waals surface area contributed by atoms with Gasteiger partial charge in [-0.1, -0.05) is 54.1 Å². The zero-order chi connectivity index (χ0) is 14.4. The third-order valence-corrected chi connectivity index (χ3v) is 3.47. The van der Waals surface area contributed by atoms with E-state index in [0.717, 1.165) is 11.8 Å². The number of hydrogen-bond donors (Lipinski definition) is 0. The Kier molecular flexibility index (Phi) is 5.08. The summed E-state index contributed by atoms with van der Waals surface area (Å²) in [5.41, 5.74) is 1.60. The molecule has 0 N–H and O–H groups in total. The number of halogens is 1. The van der Waals surface area contributed by atoms with Crippen molar-refractivity contribution in [3.63, 3.8) is 0 Å². The Labute approximate surface area is 123 Å². The van der Waals surface area contributed by atoms with Crippen LogP contribution in [0.25, 0.3) is 0 Å². The predicted molar refractivity (Wildman–Crippen MR) is 80.3 cm³/mol. The normalized spacial score (nSPS) is 11.8. The molecule has 102 valence electrons. The maximum absolute atomic E-state index is 12.3. The van der Waals surface area contributed by atoms with Crippen molar-refractivity contribution < 1.29 is 9.59 Å². The number of carbonyl (C=O) groups excluding carboxylic acids is 2. The summed E-state index contributed by atoms with van der Waals surface area (Å²) in [6.45, 7) is 0. The summed E-state index contributed by atoms with van der Waals surface area (Å²) in [7, 11) is 0. The van der Waals surface area contributed by atoms with E-state index in [4.69, 9.17) is 11.6 Å². The van der Waals surface area contributed by atoms with Gasteiger partial charge in [0.05, 0.1) is 0 Å². The second kappa shape index (κ2) is 7.01. The molecular weight excluding hydrogens is 272 g/mol. The van der Waals surface area contributed by atoms with Crippen molar-refractivity contribution >= 4 is 23.7 Å². The first-order valence-corrected chi connectivity index (χ1v) is 6.86. The summed E-state index contributed by atoms with van der Waals surface area (Å²) < 4.78 is 0. The van der Waals surface area contributed by atoms with E-state index in [1.807, 2.05) is 30.3 Å². The number of hydrogen-bond acceptors (Lipinski definition) is 2. The number of ketones is 1. The van der Waals surface area contributed by atoms with Crippen molar-refractivity contribution in [2.45, 2.75) is 18.8 Å². The number of carbonyl (C=O) groups is 2. The molecule has 0 aromatic heterocycles. The number of aldehydes is 1. The van der Waals surface area contributed by atoms with Crippen LogP contribution in [0.15, 0.2) is 54.6 Å². The standard InChI is InChI=1S/C17H15ClO2/c18-16-8-4-7-15(11-16)17(20)12-14(9-10-19)13-5-2-1-3-6-13/h1-8,10-11,14H,9,12H2. The Bertz CT molecular complexity index is 593. The summed E-state index contributed by atoms with van der Waals surface area (Å²) in [5.74, 6) is -0.0802. The highest BCUT2D eigenvalue weighted by Crippen LogP contribution is 2.25. The Balaban J connectivity index is 2.16. The van der Waals surface area contributed by atoms with E-state index < -0.39 is 0 Å². The average molecular weight is 287 g/mol. The minimum Gasteiger partial charge on any atom is -0.303 e. The third-order valence-electron chi connectivity index (χ3n) is 3.23. The van der Waals surface area contributed by atoms with Gasteiger partial charge in [-0.3, -0.25) is 4.79 Å². The van der Waals surface area contributed by atoms with Crippen LogP contribution in [0.1, 0.15) is 34.7 Å². The van der Waals surface area contributed by atoms with Crippen molar-refractivity contribution in [1.29, 1.82) is 0 Å². The van der Waals surface area contributed by atoms with Crippen molar-refractivity contribution in [2.75, 3.05) is 0 Å². The van der Waals surface area contributed by atoms with Gasteiger partial charge in [0.15, 0.2) is 5.78 Å². The van der Waals surface area contributed by atoms with Gasteiger partial charge >= 0.3 is 0 Å². The fourth-order valence-electron chi connectivity index (χ4n) is 2.18. The second-order valence-corrected chi connectivity index (χ2v) is 5.08. The second-order valence-electron chi connectivity index (χ2n) is 4.65. The Hall–Kier alpha value is -1.93. The first-order chi connectivity index (χ1) is 9.70. The van der Waals surface area contributed by atoms with Crippen molar-refractivity contribution in [2.24, 2.45) is 0 Å². The average Bonchev–Trinajstić information content (AvgIpc) is 2.47. The van der Waals surface area contributed by atoms with Crippen LogP contribution in [0, 0.1) is 0 Å². The molecule has 2 aromatic rings. The highest BCUT2D eigenvalue weighted by atomic mass is 35.5. The number of benzene rings is 2. The maximum atomic E-state index is 12.3. The van der Waals surface area contributed by atoms with E-state index in [1.54, 1.807) is 24.3 Å². The van der Waals surface area contributed by atoms with Crippen LogP contribution in [0.5, 0.6) is 0 Å². The van der Waals surface area contributed by atoms with Crippen LogP contribution < -0.4 is 0 Å². The van der Waals surface area contributed by atoms with Crippen LogP contribution in [0.4, 0.5) is 0 Å². The molecule has 0 aliphatic rings. The summed E-state index contributed by atoms with van der Waals surface area (Å²) in [6, 6.07) is 16.5. The first-order valence-electron chi connectivity index (χ1n) is 6.48. The number of Topliss-reactive ketones (excluding diaryl/α,β-unsaturated/α-hetero) is 1. The lowest BCUT2D eigenvalue weighted by molar-refractivity contribution is -0.108. The van der Waals surface area contributed by atoms with Crippen LogP contribution >= 0.6 is 11.6 Å². The largest absolute Gasteiger partial charge is 0.303 e. The van der Waals surface area contributed by atoms with E-state index in [9.17, 15) is 9.59 Å². The Morgan fingerprint density at radius 2 is 1.85 bits per heavy atom. The molecule has 2 aromatic carbocycles. The zero-order valence-electron chi connectivity index (χ0n) is 11.0. The van der Waals surface area contributed by atoms with Crippen molar-refractivity contribution in [3.05, 3.63) is 70.7 Å². The van der Waals surface area contributed by atoms with Gasteiger partial charge < -0.3 is 4.79 Å². The Morgan fingerprint density at radius 3 is 2.50 bits per heavy atom. The maximum Gasteiger partial charge on any atom is 0.163 e. The van der Waals surface area contributed by atoms with Gasteiger partial charge in [-0.15, -0.1) is 0 Å². The van der Waals surface area contributed by atoms with Gasteiger partial charge in [0, 0.05) is 23.4 Å². The lowest BCUT2D eigenvalue weighted by Gasteiger charge is -2.14. The van der Waals surface area contributed by atoms with Crippen LogP contribution in [0.3, 0.4) is 0 Å². The molecule has 0 saturated heterocycles. The van der Waals surface area contributed by atoms with Gasteiger partial charge in [-0.05, 0) is 23.6 Å². The van der Waals surface area contributed by atoms with Gasteiger partial charge in [-0.25, -0.2) is 0 Å². The molecule has 1 atom stereocenters. The minimum absolute atomic E-state index is 0.00297. The smallest absolute Gasteiger partial charge is 0.163 e. The fourth-order valence-corrected chi connectivity index (χ4v) is 2.37. The van der Waals surface area contributed by atoms with Gasteiger partial charge in [0.1, 0.15) is 6.29 Å². The number of rotatable bonds is 6. The van der Waals surface area contributed by atoms with Crippen LogP contribution in [0.2, 0.25) is 5.02 Å². The molecule has 0 bridgehead atoms. The summed E-state index contributed by atoms with van der Waals surface area (Å²) in [6.07, 6.45) is 1.52. The molecule has 0 amide bonds. The molecule has 20 heavy (non-hydrogen) atoms. The van der Waals surface area contributed by atoms with Crippen molar-refractivity contribution in [1.82, 2.24) is 0 Å². The third kappa shape index (κ3) is 3.78. The molecule has 2 nitrogen and oxygen atoms in total. The molecule has 2 rings (SSSR count). The predicted octanol–water partition coefficient (Wildman–Crippen LogP) is 4.29. The SMILES string of the molecule is O=CCC(CC(=O)c1cccc(Cl)c1)c1ccccc1. The van der Waals surface area contributed by atoms with E-state index in [0.29, 0.717) is 23.4 Å². The van der Waals surface area contributed by atoms with E-state index in [-0.39, 0.29) is 11.7 Å². The fraction of sp³-hybridized carbons (Fsp3) is 0.176. The summed E-state index contributed by atoms with van der Waals surface area (Å²) >= 11 is 5.90. The Morgan fingerprint density at radius 1 is 1.10 bits per heavy atom. The molecular formula is C17H15ClO2. The van der Waals surface area contributed by atoms with E-state index >= 15 is 0 Å². The minimum atomic E-state index is -0.0832. The molecule has 0 radical (unpaired) electrons. The molecule has 0 saturated carbocycles. The molecule has 3 heteroatoms. The quantitative estimate of drug-likeness (QED) is 0.586. The highest BCUT2D eigenvalue weighted by Gasteiger charge is 2.17. The van der Waals surface area contributed by atoms with Gasteiger partial charge in [0.2, 0.25) is 0 Å². The molecule has 0 spiro atoms. The molecule has 0 aliphatic heterocycles. The monoisotopic (exact) mass is 286 g/mol. The topological polar surface area (TPSA) is 34.1 Å². The van der Waals surface area contributed by atoms with Gasteiger partial charge in [0.25, 0.3) is 0 Å². The van der Waals surface area contributed by atoms with E-state index in [1.165, 1.54) is 0 Å². The van der Waals surface area contributed by atoms with Gasteiger partial charge in [-0.2, -0.15) is 0 Å². The van der Waals surface area contributed by atoms with Crippen LogP contribution in [-0.4, -0.2) is 12.1 Å². The van der Waals surface area contributed by atoms with Crippen LogP contribution in [-0.2, 0) is 4.79 Å². The lowest BCUT2D eigenvalue weighted by atomic mass is 9.89. The molecule has 0 aliphatic carbocycles. The lowest BCUT2D eigenvalue weighted by Crippen LogP contribution is -2.08. The van der Waals surface area contributed by atoms with E-state index in [2.05, 4.69) is 0 Å². The highest BCUT2D eigenvalue weighted by molar-refractivity contribution is 6.31. The summed E-state index contributed by atoms with van der Waals surface area (Å²) in [5, 5.41) is 0.544. The summed E-state index contributed by atoms with van der Waals surface area (Å²) in [4.78, 5) is 23.1. The molecule has 0 fully saturated rings.